The minimum Gasteiger partial charge on any atom is -0.249 e. The Kier molecular flexibility index (Phi) is 18.8. The van der Waals surface area contributed by atoms with Gasteiger partial charge in [0.1, 0.15) is 4.60 Å². The number of nitrogens with zero attached hydrogens (tertiary/aromatic N) is 1. The number of hydrogen-bond donors (Lipinski definition) is 0. The SMILES string of the molecule is Brc1ccccn1.CBr.CBr.Cc1ccccc1. The van der Waals surface area contributed by atoms with E-state index in [1.54, 1.807) is 6.20 Å². The second kappa shape index (κ2) is 16.8. The van der Waals surface area contributed by atoms with Gasteiger partial charge in [-0.1, -0.05) is 73.8 Å². The number of rotatable bonds is 0. The zero-order chi connectivity index (χ0) is 14.2. The number of hydrogen-bond acceptors (Lipinski definition) is 1. The molecule has 0 spiro atoms. The fraction of sp³-hybridized carbons (Fsp3) is 0.214. The van der Waals surface area contributed by atoms with Crippen LogP contribution in [0.3, 0.4) is 0 Å². The van der Waals surface area contributed by atoms with Crippen molar-refractivity contribution in [3.8, 4) is 0 Å². The molecule has 0 N–H and O–H groups in total. The zero-order valence-electron chi connectivity index (χ0n) is 10.8. The van der Waals surface area contributed by atoms with E-state index in [-0.39, 0.29) is 0 Å². The molecule has 0 radical (unpaired) electrons. The third kappa shape index (κ3) is 13.9. The summed E-state index contributed by atoms with van der Waals surface area (Å²) in [7, 11) is 0. The Morgan fingerprint density at radius 3 is 1.50 bits per heavy atom. The van der Waals surface area contributed by atoms with Crippen molar-refractivity contribution >= 4 is 47.8 Å². The lowest BCUT2D eigenvalue weighted by atomic mass is 10.2. The summed E-state index contributed by atoms with van der Waals surface area (Å²) >= 11 is 9.08. The molecule has 1 nitrogen and oxygen atoms in total. The molecule has 4 heteroatoms. The normalized spacial score (nSPS) is 7.44. The number of benzene rings is 1. The molecule has 1 aromatic heterocycles. The number of pyridine rings is 1. The molecule has 0 aliphatic heterocycles. The van der Waals surface area contributed by atoms with Gasteiger partial charge in [-0.05, 0) is 46.7 Å². The summed E-state index contributed by atoms with van der Waals surface area (Å²) in [5.41, 5.74) is 1.32. The summed E-state index contributed by atoms with van der Waals surface area (Å²) in [4.78, 5) is 3.90. The summed E-state index contributed by atoms with van der Waals surface area (Å²) in [6, 6.07) is 16.0. The van der Waals surface area contributed by atoms with Crippen LogP contribution in [0.15, 0.2) is 59.3 Å². The van der Waals surface area contributed by atoms with Crippen LogP contribution in [0, 0.1) is 6.92 Å². The quantitative estimate of drug-likeness (QED) is 0.370. The van der Waals surface area contributed by atoms with Crippen LogP contribution >= 0.6 is 47.8 Å². The van der Waals surface area contributed by atoms with Gasteiger partial charge in [-0.3, -0.25) is 0 Å². The van der Waals surface area contributed by atoms with E-state index in [1.165, 1.54) is 5.56 Å². The maximum absolute atomic E-state index is 3.90. The second-order valence-electron chi connectivity index (χ2n) is 2.81. The van der Waals surface area contributed by atoms with Crippen LogP contribution in [0.5, 0.6) is 0 Å². The summed E-state index contributed by atoms with van der Waals surface area (Å²) in [5, 5.41) is 0. The van der Waals surface area contributed by atoms with Gasteiger partial charge in [0.05, 0.1) is 0 Å². The van der Waals surface area contributed by atoms with Crippen molar-refractivity contribution in [1.82, 2.24) is 4.98 Å². The molecule has 0 aliphatic carbocycles. The number of aryl methyl sites for hydroxylation is 1. The van der Waals surface area contributed by atoms with Crippen LogP contribution in [-0.4, -0.2) is 16.6 Å². The molecule has 2 rings (SSSR count). The lowest BCUT2D eigenvalue weighted by Crippen LogP contribution is -1.66. The zero-order valence-corrected chi connectivity index (χ0v) is 15.5. The van der Waals surface area contributed by atoms with Gasteiger partial charge in [-0.2, -0.15) is 0 Å². The lowest BCUT2D eigenvalue weighted by molar-refractivity contribution is 1.28. The van der Waals surface area contributed by atoms with Crippen molar-refractivity contribution in [2.75, 3.05) is 11.7 Å². The molecule has 0 fully saturated rings. The predicted octanol–water partition coefficient (Wildman–Crippen LogP) is 5.86. The smallest absolute Gasteiger partial charge is 0.106 e. The molecular formula is C14H18Br3N. The van der Waals surface area contributed by atoms with E-state index < -0.39 is 0 Å². The van der Waals surface area contributed by atoms with E-state index in [9.17, 15) is 0 Å². The number of alkyl halides is 2. The monoisotopic (exact) mass is 437 g/mol. The third-order valence-corrected chi connectivity index (χ3v) is 2.04. The van der Waals surface area contributed by atoms with E-state index in [4.69, 9.17) is 0 Å². The van der Waals surface area contributed by atoms with Crippen molar-refractivity contribution in [2.24, 2.45) is 0 Å². The minimum atomic E-state index is 0.884. The Morgan fingerprint density at radius 2 is 1.28 bits per heavy atom. The first-order valence-corrected chi connectivity index (χ1v) is 9.09. The standard InChI is InChI=1S/C7H8.C5H4BrN.2CH3Br/c1-7-5-3-2-4-6-7;6-5-3-1-2-4-7-5;2*1-2/h2-6H,1H3;1-4H;2*1H3. The predicted molar refractivity (Wildman–Crippen MR) is 92.8 cm³/mol. The minimum absolute atomic E-state index is 0.884. The van der Waals surface area contributed by atoms with Gasteiger partial charge in [-0.25, -0.2) is 4.98 Å². The van der Waals surface area contributed by atoms with Crippen LogP contribution in [0.4, 0.5) is 0 Å². The van der Waals surface area contributed by atoms with E-state index in [2.05, 4.69) is 71.8 Å². The van der Waals surface area contributed by atoms with Crippen LogP contribution in [-0.2, 0) is 0 Å². The Labute approximate surface area is 135 Å². The average Bonchev–Trinajstić information content (AvgIpc) is 2.46. The first-order valence-electron chi connectivity index (χ1n) is 5.13. The highest BCUT2D eigenvalue weighted by atomic mass is 79.9. The van der Waals surface area contributed by atoms with Crippen molar-refractivity contribution in [3.63, 3.8) is 0 Å². The Balaban J connectivity index is 0. The molecule has 0 atom stereocenters. The summed E-state index contributed by atoms with van der Waals surface area (Å²) in [6.45, 7) is 2.08. The van der Waals surface area contributed by atoms with E-state index >= 15 is 0 Å². The first-order chi connectivity index (χ1) is 8.79. The van der Waals surface area contributed by atoms with Crippen LogP contribution in [0.1, 0.15) is 5.56 Å². The van der Waals surface area contributed by atoms with Crippen LogP contribution in [0.25, 0.3) is 0 Å². The van der Waals surface area contributed by atoms with E-state index in [0.717, 1.165) is 4.60 Å². The molecule has 0 unspecified atom stereocenters. The number of aromatic nitrogens is 1. The molecule has 100 valence electrons. The van der Waals surface area contributed by atoms with Gasteiger partial charge in [0.2, 0.25) is 0 Å². The van der Waals surface area contributed by atoms with Gasteiger partial charge in [0.15, 0.2) is 0 Å². The molecule has 2 aromatic rings. The summed E-state index contributed by atoms with van der Waals surface area (Å²) < 4.78 is 0.884. The summed E-state index contributed by atoms with van der Waals surface area (Å²) in [5.74, 6) is 3.62. The highest BCUT2D eigenvalue weighted by Crippen LogP contribution is 2.00. The van der Waals surface area contributed by atoms with Crippen molar-refractivity contribution in [3.05, 3.63) is 64.9 Å². The maximum atomic E-state index is 3.90. The molecule has 0 aliphatic rings. The van der Waals surface area contributed by atoms with Crippen molar-refractivity contribution in [1.29, 1.82) is 0 Å². The van der Waals surface area contributed by atoms with Crippen LogP contribution < -0.4 is 0 Å². The fourth-order valence-corrected chi connectivity index (χ4v) is 1.15. The fourth-order valence-electron chi connectivity index (χ4n) is 0.876. The van der Waals surface area contributed by atoms with Crippen molar-refractivity contribution in [2.45, 2.75) is 6.92 Å². The lowest BCUT2D eigenvalue weighted by Gasteiger charge is -1.82. The molecule has 0 saturated heterocycles. The Bertz CT molecular complexity index is 314. The first kappa shape index (κ1) is 20.1. The highest BCUT2D eigenvalue weighted by molar-refractivity contribution is 9.10. The molecule has 0 bridgehead atoms. The molecular weight excluding hydrogens is 422 g/mol. The molecule has 1 heterocycles. The van der Waals surface area contributed by atoms with Crippen molar-refractivity contribution < 1.29 is 0 Å². The maximum Gasteiger partial charge on any atom is 0.106 e. The molecule has 0 saturated carbocycles. The highest BCUT2D eigenvalue weighted by Gasteiger charge is 1.76. The summed E-state index contributed by atoms with van der Waals surface area (Å²) in [6.07, 6.45) is 1.74. The average molecular weight is 440 g/mol. The topological polar surface area (TPSA) is 12.9 Å². The molecule has 0 amide bonds. The largest absolute Gasteiger partial charge is 0.249 e. The Morgan fingerprint density at radius 1 is 0.778 bits per heavy atom. The van der Waals surface area contributed by atoms with Gasteiger partial charge in [-0.15, -0.1) is 0 Å². The Hall–Kier alpha value is -0.190. The van der Waals surface area contributed by atoms with Gasteiger partial charge < -0.3 is 0 Å². The van der Waals surface area contributed by atoms with Gasteiger partial charge in [0, 0.05) is 6.20 Å². The van der Waals surface area contributed by atoms with E-state index in [0.29, 0.717) is 0 Å². The molecule has 18 heavy (non-hydrogen) atoms. The van der Waals surface area contributed by atoms with E-state index in [1.807, 2.05) is 48.1 Å². The van der Waals surface area contributed by atoms with Crippen LogP contribution in [0.2, 0.25) is 0 Å². The van der Waals surface area contributed by atoms with Gasteiger partial charge >= 0.3 is 0 Å². The van der Waals surface area contributed by atoms with Gasteiger partial charge in [0.25, 0.3) is 0 Å². The second-order valence-corrected chi connectivity index (χ2v) is 3.62. The third-order valence-electron chi connectivity index (χ3n) is 1.57. The number of halogens is 3. The molecule has 1 aromatic carbocycles.